The first-order valence-corrected chi connectivity index (χ1v) is 6.44. The summed E-state index contributed by atoms with van der Waals surface area (Å²) in [5.74, 6) is -1.13. The van der Waals surface area contributed by atoms with Crippen molar-refractivity contribution < 1.29 is 14.6 Å². The van der Waals surface area contributed by atoms with Crippen molar-refractivity contribution in [1.82, 2.24) is 4.98 Å². The van der Waals surface area contributed by atoms with Gasteiger partial charge in [0, 0.05) is 23.0 Å². The second-order valence-corrected chi connectivity index (χ2v) is 4.78. The quantitative estimate of drug-likeness (QED) is 0.919. The van der Waals surface area contributed by atoms with E-state index in [2.05, 4.69) is 4.98 Å². The van der Waals surface area contributed by atoms with Crippen LogP contribution in [0.1, 0.15) is 17.0 Å². The Morgan fingerprint density at radius 2 is 2.25 bits per heavy atom. The summed E-state index contributed by atoms with van der Waals surface area (Å²) in [7, 11) is 1.51. The number of aromatic nitrogens is 1. The molecule has 4 nitrogen and oxygen atoms in total. The minimum Gasteiger partial charge on any atom is -0.496 e. The van der Waals surface area contributed by atoms with E-state index in [9.17, 15) is 9.90 Å². The maximum Gasteiger partial charge on any atom is 0.311 e. The van der Waals surface area contributed by atoms with Crippen LogP contribution in [-0.2, 0) is 11.2 Å². The van der Waals surface area contributed by atoms with Crippen LogP contribution < -0.4 is 4.74 Å². The van der Waals surface area contributed by atoms with E-state index in [1.165, 1.54) is 7.11 Å². The van der Waals surface area contributed by atoms with Gasteiger partial charge in [0.1, 0.15) is 5.75 Å². The first kappa shape index (κ1) is 14.3. The normalized spacial score (nSPS) is 11.9. The molecule has 0 bridgehead atoms. The van der Waals surface area contributed by atoms with E-state index in [1.54, 1.807) is 36.7 Å². The minimum atomic E-state index is -0.922. The van der Waals surface area contributed by atoms with Crippen LogP contribution in [0.2, 0.25) is 5.02 Å². The molecule has 1 atom stereocenters. The smallest absolute Gasteiger partial charge is 0.311 e. The van der Waals surface area contributed by atoms with Crippen molar-refractivity contribution in [3.05, 3.63) is 58.9 Å². The lowest BCUT2D eigenvalue weighted by Gasteiger charge is -2.16. The lowest BCUT2D eigenvalue weighted by molar-refractivity contribution is -0.138. The zero-order valence-electron chi connectivity index (χ0n) is 10.9. The lowest BCUT2D eigenvalue weighted by atomic mass is 9.92. The molecule has 0 radical (unpaired) electrons. The number of nitrogens with zero attached hydrogens (tertiary/aromatic N) is 1. The number of aliphatic carboxylic acids is 1. The van der Waals surface area contributed by atoms with Gasteiger partial charge in [-0.05, 0) is 36.2 Å². The number of carboxylic acid groups (broad SMARTS) is 1. The second kappa shape index (κ2) is 6.39. The molecule has 1 aromatic heterocycles. The summed E-state index contributed by atoms with van der Waals surface area (Å²) in [5, 5.41) is 9.96. The molecule has 0 spiro atoms. The second-order valence-electron chi connectivity index (χ2n) is 4.34. The highest BCUT2D eigenvalue weighted by Gasteiger charge is 2.24. The summed E-state index contributed by atoms with van der Waals surface area (Å²) in [6.07, 6.45) is 3.64. The van der Waals surface area contributed by atoms with Crippen molar-refractivity contribution in [2.45, 2.75) is 12.3 Å². The third-order valence-corrected chi connectivity index (χ3v) is 3.26. The van der Waals surface area contributed by atoms with Gasteiger partial charge in [-0.25, -0.2) is 0 Å². The number of benzene rings is 1. The molecule has 0 saturated carbocycles. The first-order valence-electron chi connectivity index (χ1n) is 6.07. The third kappa shape index (κ3) is 3.27. The molecule has 5 heteroatoms. The van der Waals surface area contributed by atoms with Gasteiger partial charge in [0.25, 0.3) is 0 Å². The van der Waals surface area contributed by atoms with Crippen LogP contribution in [0.5, 0.6) is 5.75 Å². The Morgan fingerprint density at radius 1 is 1.45 bits per heavy atom. The molecule has 2 aromatic rings. The Balaban J connectivity index is 2.38. The van der Waals surface area contributed by atoms with Crippen LogP contribution in [0, 0.1) is 0 Å². The molecule has 0 amide bonds. The third-order valence-electron chi connectivity index (χ3n) is 3.03. The predicted octanol–water partition coefficient (Wildman–Crippen LogP) is 3.15. The maximum atomic E-state index is 11.6. The molecule has 0 aliphatic carbocycles. The lowest BCUT2D eigenvalue weighted by Crippen LogP contribution is -2.15. The molecule has 1 aromatic carbocycles. The summed E-state index contributed by atoms with van der Waals surface area (Å²) in [4.78, 5) is 15.6. The summed E-state index contributed by atoms with van der Waals surface area (Å²) in [5.41, 5.74) is 1.42. The topological polar surface area (TPSA) is 59.4 Å². The van der Waals surface area contributed by atoms with Crippen LogP contribution in [0.25, 0.3) is 0 Å². The molecule has 1 N–H and O–H groups in total. The fourth-order valence-electron chi connectivity index (χ4n) is 2.06. The SMILES string of the molecule is COc1ccc(Cl)cc1C(Cc1cccnc1)C(=O)O. The van der Waals surface area contributed by atoms with E-state index in [1.807, 2.05) is 6.07 Å². The van der Waals surface area contributed by atoms with E-state index >= 15 is 0 Å². The zero-order valence-corrected chi connectivity index (χ0v) is 11.7. The van der Waals surface area contributed by atoms with E-state index in [-0.39, 0.29) is 0 Å². The Labute approximate surface area is 122 Å². The van der Waals surface area contributed by atoms with Gasteiger partial charge in [0.2, 0.25) is 0 Å². The predicted molar refractivity (Wildman–Crippen MR) is 76.3 cm³/mol. The Morgan fingerprint density at radius 3 is 2.85 bits per heavy atom. The van der Waals surface area contributed by atoms with Gasteiger partial charge >= 0.3 is 5.97 Å². The largest absolute Gasteiger partial charge is 0.496 e. The van der Waals surface area contributed by atoms with Crippen molar-refractivity contribution in [2.75, 3.05) is 7.11 Å². The number of rotatable bonds is 5. The molecule has 1 unspecified atom stereocenters. The van der Waals surface area contributed by atoms with Gasteiger partial charge in [-0.1, -0.05) is 17.7 Å². The van der Waals surface area contributed by atoms with Crippen LogP contribution in [0.4, 0.5) is 0 Å². The molecule has 0 saturated heterocycles. The Bertz CT molecular complexity index is 601. The molecule has 2 rings (SSSR count). The van der Waals surface area contributed by atoms with Crippen molar-refractivity contribution >= 4 is 17.6 Å². The van der Waals surface area contributed by atoms with E-state index < -0.39 is 11.9 Å². The van der Waals surface area contributed by atoms with Gasteiger partial charge in [-0.15, -0.1) is 0 Å². The molecular weight excluding hydrogens is 278 g/mol. The summed E-state index contributed by atoms with van der Waals surface area (Å²) in [6.45, 7) is 0. The van der Waals surface area contributed by atoms with Crippen molar-refractivity contribution in [2.24, 2.45) is 0 Å². The summed E-state index contributed by atoms with van der Waals surface area (Å²) in [6, 6.07) is 8.61. The van der Waals surface area contributed by atoms with Crippen LogP contribution in [0.15, 0.2) is 42.7 Å². The van der Waals surface area contributed by atoms with Crippen molar-refractivity contribution in [3.63, 3.8) is 0 Å². The maximum absolute atomic E-state index is 11.6. The molecule has 0 fully saturated rings. The fraction of sp³-hybridized carbons (Fsp3) is 0.200. The van der Waals surface area contributed by atoms with E-state index in [0.29, 0.717) is 22.8 Å². The monoisotopic (exact) mass is 291 g/mol. The number of hydrogen-bond donors (Lipinski definition) is 1. The zero-order chi connectivity index (χ0) is 14.5. The number of ether oxygens (including phenoxy) is 1. The Kier molecular flexibility index (Phi) is 4.58. The number of hydrogen-bond acceptors (Lipinski definition) is 3. The fourth-order valence-corrected chi connectivity index (χ4v) is 2.24. The van der Waals surface area contributed by atoms with Gasteiger partial charge in [0.15, 0.2) is 0 Å². The van der Waals surface area contributed by atoms with E-state index in [4.69, 9.17) is 16.3 Å². The molecule has 1 heterocycles. The molecule has 104 valence electrons. The van der Waals surface area contributed by atoms with Crippen molar-refractivity contribution in [1.29, 1.82) is 0 Å². The number of methoxy groups -OCH3 is 1. The van der Waals surface area contributed by atoms with Gasteiger partial charge in [0.05, 0.1) is 13.0 Å². The van der Waals surface area contributed by atoms with Gasteiger partial charge in [-0.3, -0.25) is 9.78 Å². The summed E-state index contributed by atoms with van der Waals surface area (Å²) >= 11 is 5.96. The van der Waals surface area contributed by atoms with E-state index in [0.717, 1.165) is 5.56 Å². The highest BCUT2D eigenvalue weighted by Crippen LogP contribution is 2.32. The molecule has 0 aliphatic heterocycles. The highest BCUT2D eigenvalue weighted by atomic mass is 35.5. The highest BCUT2D eigenvalue weighted by molar-refractivity contribution is 6.30. The summed E-state index contributed by atoms with van der Waals surface area (Å²) < 4.78 is 5.23. The minimum absolute atomic E-state index is 0.333. The average molecular weight is 292 g/mol. The molecule has 20 heavy (non-hydrogen) atoms. The van der Waals surface area contributed by atoms with Crippen LogP contribution in [-0.4, -0.2) is 23.2 Å². The van der Waals surface area contributed by atoms with Crippen LogP contribution >= 0.6 is 11.6 Å². The number of pyridine rings is 1. The van der Waals surface area contributed by atoms with Gasteiger partial charge < -0.3 is 9.84 Å². The number of halogens is 1. The Hall–Kier alpha value is -2.07. The number of carboxylic acids is 1. The van der Waals surface area contributed by atoms with Gasteiger partial charge in [-0.2, -0.15) is 0 Å². The van der Waals surface area contributed by atoms with Crippen molar-refractivity contribution in [3.8, 4) is 5.75 Å². The molecule has 0 aliphatic rings. The average Bonchev–Trinajstić information content (AvgIpc) is 2.45. The van der Waals surface area contributed by atoms with Crippen LogP contribution in [0.3, 0.4) is 0 Å². The molecular formula is C15H14ClNO3. The first-order chi connectivity index (χ1) is 9.61. The standard InChI is InChI=1S/C15H14ClNO3/c1-20-14-5-4-11(16)8-12(14)13(15(18)19)7-10-3-2-6-17-9-10/h2-6,8-9,13H,7H2,1H3,(H,18,19). The number of carbonyl (C=O) groups is 1.